The molecule has 2 fully saturated rings. The zero-order chi connectivity index (χ0) is 13.0. The molecule has 0 aromatic carbocycles. The van der Waals surface area contributed by atoms with Crippen LogP contribution in [0.4, 0.5) is 0 Å². The number of piperidine rings is 1. The third-order valence-corrected chi connectivity index (χ3v) is 4.40. The van der Waals surface area contributed by atoms with Gasteiger partial charge in [-0.05, 0) is 38.1 Å². The monoisotopic (exact) mass is 253 g/mol. The molecular formula is C14H27N3O. The van der Waals surface area contributed by atoms with Crippen LogP contribution in [0.3, 0.4) is 0 Å². The van der Waals surface area contributed by atoms with Gasteiger partial charge in [-0.3, -0.25) is 4.79 Å². The lowest BCUT2D eigenvalue weighted by Gasteiger charge is -2.31. The van der Waals surface area contributed by atoms with E-state index in [1.807, 2.05) is 0 Å². The summed E-state index contributed by atoms with van der Waals surface area (Å²) >= 11 is 0. The molecule has 18 heavy (non-hydrogen) atoms. The Balaban J connectivity index is 1.67. The van der Waals surface area contributed by atoms with Crippen LogP contribution in [-0.4, -0.2) is 42.5 Å². The lowest BCUT2D eigenvalue weighted by atomic mass is 9.98. The Morgan fingerprint density at radius 2 is 2.11 bits per heavy atom. The molecule has 0 aromatic rings. The molecule has 1 aliphatic carbocycles. The maximum Gasteiger partial charge on any atom is 0.240 e. The van der Waals surface area contributed by atoms with Crippen LogP contribution in [0.25, 0.3) is 0 Å². The van der Waals surface area contributed by atoms with Crippen LogP contribution in [0.15, 0.2) is 0 Å². The number of hydrogen-bond donors (Lipinski definition) is 2. The molecule has 0 bridgehead atoms. The molecule has 0 radical (unpaired) electrons. The molecule has 0 aromatic heterocycles. The first-order valence-electron chi connectivity index (χ1n) is 7.40. The van der Waals surface area contributed by atoms with Gasteiger partial charge in [0.1, 0.15) is 0 Å². The lowest BCUT2D eigenvalue weighted by molar-refractivity contribution is -0.126. The Kier molecular flexibility index (Phi) is 4.62. The zero-order valence-electron chi connectivity index (χ0n) is 11.6. The Morgan fingerprint density at radius 3 is 2.78 bits per heavy atom. The molecule has 3 N–H and O–H groups in total. The number of nitrogens with one attached hydrogen (secondary N) is 1. The van der Waals surface area contributed by atoms with E-state index < -0.39 is 5.54 Å². The minimum Gasteiger partial charge on any atom is -0.353 e. The van der Waals surface area contributed by atoms with Gasteiger partial charge in [-0.2, -0.15) is 0 Å². The summed E-state index contributed by atoms with van der Waals surface area (Å²) in [5.41, 5.74) is 5.54. The maximum absolute atomic E-state index is 12.0. The van der Waals surface area contributed by atoms with E-state index in [1.54, 1.807) is 0 Å². The van der Waals surface area contributed by atoms with Crippen molar-refractivity contribution in [3.63, 3.8) is 0 Å². The number of amides is 1. The summed E-state index contributed by atoms with van der Waals surface area (Å²) in [6, 6.07) is 0. The van der Waals surface area contributed by atoms with Crippen molar-refractivity contribution in [2.45, 2.75) is 51.0 Å². The predicted molar refractivity (Wildman–Crippen MR) is 73.2 cm³/mol. The van der Waals surface area contributed by atoms with E-state index in [0.717, 1.165) is 44.7 Å². The highest BCUT2D eigenvalue weighted by molar-refractivity contribution is 5.86. The molecule has 0 spiro atoms. The summed E-state index contributed by atoms with van der Waals surface area (Å²) in [6.45, 7) is 6.35. The van der Waals surface area contributed by atoms with Gasteiger partial charge in [0.05, 0.1) is 5.54 Å². The van der Waals surface area contributed by atoms with Crippen molar-refractivity contribution in [3.8, 4) is 0 Å². The van der Waals surface area contributed by atoms with Crippen LogP contribution in [0.5, 0.6) is 0 Å². The van der Waals surface area contributed by atoms with E-state index in [1.165, 1.54) is 25.9 Å². The van der Waals surface area contributed by atoms with E-state index in [4.69, 9.17) is 5.73 Å². The average Bonchev–Trinajstić information content (AvgIpc) is 2.77. The fourth-order valence-electron chi connectivity index (χ4n) is 3.23. The topological polar surface area (TPSA) is 58.4 Å². The highest BCUT2D eigenvalue weighted by Gasteiger charge is 2.36. The number of rotatable bonds is 4. The second-order valence-corrected chi connectivity index (χ2v) is 6.17. The predicted octanol–water partition coefficient (Wildman–Crippen LogP) is 1.11. The molecule has 2 aliphatic rings. The van der Waals surface area contributed by atoms with E-state index in [0.29, 0.717) is 0 Å². The van der Waals surface area contributed by atoms with Gasteiger partial charge < -0.3 is 16.0 Å². The van der Waals surface area contributed by atoms with Crippen molar-refractivity contribution in [1.29, 1.82) is 0 Å². The molecule has 4 heteroatoms. The first-order valence-corrected chi connectivity index (χ1v) is 7.40. The zero-order valence-corrected chi connectivity index (χ0v) is 11.6. The van der Waals surface area contributed by atoms with Crippen molar-refractivity contribution in [2.75, 3.05) is 26.2 Å². The Bertz CT molecular complexity index is 287. The molecule has 4 nitrogen and oxygen atoms in total. The molecule has 1 aliphatic heterocycles. The fourth-order valence-corrected chi connectivity index (χ4v) is 3.23. The molecule has 1 atom stereocenters. The minimum atomic E-state index is -0.574. The van der Waals surface area contributed by atoms with Crippen molar-refractivity contribution >= 4 is 5.91 Å². The second-order valence-electron chi connectivity index (χ2n) is 6.17. The first-order chi connectivity index (χ1) is 8.60. The van der Waals surface area contributed by atoms with E-state index in [2.05, 4.69) is 17.1 Å². The van der Waals surface area contributed by atoms with Gasteiger partial charge in [0, 0.05) is 19.6 Å². The standard InChI is InChI=1S/C14H27N3O/c1-12-5-4-9-17(11-12)10-8-16-13(18)14(15)6-2-3-7-14/h12H,2-11,15H2,1H3,(H,16,18). The third kappa shape index (κ3) is 3.45. The number of nitrogens with zero attached hydrogens (tertiary/aromatic N) is 1. The number of nitrogens with two attached hydrogens (primary N) is 1. The Labute approximate surface area is 110 Å². The van der Waals surface area contributed by atoms with Gasteiger partial charge in [-0.25, -0.2) is 0 Å². The van der Waals surface area contributed by atoms with Crippen LogP contribution in [0, 0.1) is 5.92 Å². The van der Waals surface area contributed by atoms with Crippen LogP contribution in [-0.2, 0) is 4.79 Å². The molecule has 1 saturated heterocycles. The van der Waals surface area contributed by atoms with Crippen molar-refractivity contribution in [1.82, 2.24) is 10.2 Å². The maximum atomic E-state index is 12.0. The van der Waals surface area contributed by atoms with Crippen LogP contribution < -0.4 is 11.1 Å². The van der Waals surface area contributed by atoms with Gasteiger partial charge in [-0.15, -0.1) is 0 Å². The SMILES string of the molecule is CC1CCCN(CCNC(=O)C2(N)CCCC2)C1. The summed E-state index contributed by atoms with van der Waals surface area (Å²) in [6.07, 6.45) is 6.50. The highest BCUT2D eigenvalue weighted by Crippen LogP contribution is 2.27. The number of likely N-dealkylation sites (tertiary alicyclic amines) is 1. The molecular weight excluding hydrogens is 226 g/mol. The van der Waals surface area contributed by atoms with Crippen LogP contribution in [0.2, 0.25) is 0 Å². The molecule has 104 valence electrons. The molecule has 1 heterocycles. The Morgan fingerprint density at radius 1 is 1.39 bits per heavy atom. The largest absolute Gasteiger partial charge is 0.353 e. The van der Waals surface area contributed by atoms with E-state index >= 15 is 0 Å². The van der Waals surface area contributed by atoms with Gasteiger partial charge >= 0.3 is 0 Å². The van der Waals surface area contributed by atoms with Crippen LogP contribution >= 0.6 is 0 Å². The second kappa shape index (κ2) is 6.02. The van der Waals surface area contributed by atoms with Crippen LogP contribution in [0.1, 0.15) is 45.4 Å². The summed E-state index contributed by atoms with van der Waals surface area (Å²) in [4.78, 5) is 14.5. The van der Waals surface area contributed by atoms with Crippen molar-refractivity contribution in [3.05, 3.63) is 0 Å². The summed E-state index contributed by atoms with van der Waals surface area (Å²) < 4.78 is 0. The smallest absolute Gasteiger partial charge is 0.240 e. The van der Waals surface area contributed by atoms with E-state index in [-0.39, 0.29) is 5.91 Å². The van der Waals surface area contributed by atoms with Gasteiger partial charge in [0.2, 0.25) is 5.91 Å². The van der Waals surface area contributed by atoms with Crippen molar-refractivity contribution < 1.29 is 4.79 Å². The number of carbonyl (C=O) groups excluding carboxylic acids is 1. The average molecular weight is 253 g/mol. The summed E-state index contributed by atoms with van der Waals surface area (Å²) in [7, 11) is 0. The third-order valence-electron chi connectivity index (χ3n) is 4.40. The molecule has 1 unspecified atom stereocenters. The van der Waals surface area contributed by atoms with Crippen molar-refractivity contribution in [2.24, 2.45) is 11.7 Å². The van der Waals surface area contributed by atoms with Gasteiger partial charge in [0.25, 0.3) is 0 Å². The molecule has 2 rings (SSSR count). The van der Waals surface area contributed by atoms with Gasteiger partial charge in [0.15, 0.2) is 0 Å². The fraction of sp³-hybridized carbons (Fsp3) is 0.929. The number of carbonyl (C=O) groups is 1. The minimum absolute atomic E-state index is 0.0602. The first kappa shape index (κ1) is 13.8. The molecule has 1 amide bonds. The summed E-state index contributed by atoms with van der Waals surface area (Å²) in [5, 5.41) is 3.02. The lowest BCUT2D eigenvalue weighted by Crippen LogP contribution is -2.53. The number of hydrogen-bond acceptors (Lipinski definition) is 3. The highest BCUT2D eigenvalue weighted by atomic mass is 16.2. The Hall–Kier alpha value is -0.610. The summed E-state index contributed by atoms with van der Waals surface area (Å²) in [5.74, 6) is 0.857. The molecule has 1 saturated carbocycles. The van der Waals surface area contributed by atoms with E-state index in [9.17, 15) is 4.79 Å². The normalized spacial score (nSPS) is 28.2. The quantitative estimate of drug-likeness (QED) is 0.789. The van der Waals surface area contributed by atoms with Gasteiger partial charge in [-0.1, -0.05) is 19.8 Å².